The van der Waals surface area contributed by atoms with Gasteiger partial charge in [-0.15, -0.1) is 5.10 Å². The predicted octanol–water partition coefficient (Wildman–Crippen LogP) is 1.42. The van der Waals surface area contributed by atoms with Crippen LogP contribution >= 0.6 is 0 Å². The largest absolute Gasteiger partial charge is 0.472 e. The smallest absolute Gasteiger partial charge is 0.236 e. The summed E-state index contributed by atoms with van der Waals surface area (Å²) in [6.07, 6.45) is 7.47. The van der Waals surface area contributed by atoms with Crippen LogP contribution in [-0.2, 0) is 12.8 Å². The van der Waals surface area contributed by atoms with Crippen molar-refractivity contribution in [1.82, 2.24) is 15.5 Å². The van der Waals surface area contributed by atoms with Gasteiger partial charge in [-0.3, -0.25) is 5.10 Å². The SMILES string of the molecule is C1CCc2c(OC3CCCNC3)n[nH]c2C1. The first-order valence-corrected chi connectivity index (χ1v) is 6.37. The Labute approximate surface area is 95.8 Å². The average molecular weight is 221 g/mol. The standard InChI is InChI=1S/C12H19N3O/c1-2-6-11-10(5-1)12(15-14-11)16-9-4-3-7-13-8-9/h9,13H,1-8H2,(H,14,15). The lowest BCUT2D eigenvalue weighted by atomic mass is 9.98. The molecule has 0 saturated carbocycles. The van der Waals surface area contributed by atoms with Crippen molar-refractivity contribution in [3.05, 3.63) is 11.3 Å². The van der Waals surface area contributed by atoms with E-state index in [1.807, 2.05) is 0 Å². The average Bonchev–Trinajstić information content (AvgIpc) is 2.74. The van der Waals surface area contributed by atoms with Crippen LogP contribution < -0.4 is 10.1 Å². The summed E-state index contributed by atoms with van der Waals surface area (Å²) in [6.45, 7) is 2.08. The Balaban J connectivity index is 1.71. The minimum atomic E-state index is 0.308. The van der Waals surface area contributed by atoms with Crippen LogP contribution in [0.15, 0.2) is 0 Å². The van der Waals surface area contributed by atoms with Gasteiger partial charge in [0.05, 0.1) is 0 Å². The van der Waals surface area contributed by atoms with Crippen LogP contribution in [0, 0.1) is 0 Å². The second kappa shape index (κ2) is 4.45. The molecular weight excluding hydrogens is 202 g/mol. The number of hydrogen-bond acceptors (Lipinski definition) is 3. The summed E-state index contributed by atoms with van der Waals surface area (Å²) in [4.78, 5) is 0. The van der Waals surface area contributed by atoms with E-state index in [-0.39, 0.29) is 0 Å². The molecule has 2 N–H and O–H groups in total. The van der Waals surface area contributed by atoms with Crippen molar-refractivity contribution in [2.75, 3.05) is 13.1 Å². The van der Waals surface area contributed by atoms with Gasteiger partial charge in [-0.25, -0.2) is 0 Å². The maximum absolute atomic E-state index is 5.99. The van der Waals surface area contributed by atoms with E-state index in [4.69, 9.17) is 4.74 Å². The number of nitrogens with zero attached hydrogens (tertiary/aromatic N) is 1. The van der Waals surface area contributed by atoms with Gasteiger partial charge in [0.1, 0.15) is 6.10 Å². The van der Waals surface area contributed by atoms with Crippen molar-refractivity contribution in [2.45, 2.75) is 44.6 Å². The molecule has 88 valence electrons. The van der Waals surface area contributed by atoms with Gasteiger partial charge in [0, 0.05) is 17.8 Å². The Kier molecular flexibility index (Phi) is 2.82. The molecule has 1 saturated heterocycles. The number of nitrogens with one attached hydrogen (secondary N) is 2. The minimum Gasteiger partial charge on any atom is -0.472 e. The molecule has 0 amide bonds. The highest BCUT2D eigenvalue weighted by Crippen LogP contribution is 2.28. The van der Waals surface area contributed by atoms with Gasteiger partial charge in [0.15, 0.2) is 0 Å². The maximum atomic E-state index is 5.99. The first-order valence-electron chi connectivity index (χ1n) is 6.37. The molecule has 1 aliphatic carbocycles. The second-order valence-electron chi connectivity index (χ2n) is 4.78. The topological polar surface area (TPSA) is 49.9 Å². The van der Waals surface area contributed by atoms with E-state index in [9.17, 15) is 0 Å². The van der Waals surface area contributed by atoms with Crippen molar-refractivity contribution in [1.29, 1.82) is 0 Å². The molecule has 1 unspecified atom stereocenters. The number of piperidine rings is 1. The fourth-order valence-electron chi connectivity index (χ4n) is 2.63. The highest BCUT2D eigenvalue weighted by molar-refractivity contribution is 5.32. The molecule has 1 aromatic heterocycles. The summed E-state index contributed by atoms with van der Waals surface area (Å²) >= 11 is 0. The summed E-state index contributed by atoms with van der Waals surface area (Å²) in [6, 6.07) is 0. The summed E-state index contributed by atoms with van der Waals surface area (Å²) in [7, 11) is 0. The van der Waals surface area contributed by atoms with Crippen LogP contribution in [0.3, 0.4) is 0 Å². The predicted molar refractivity (Wildman–Crippen MR) is 61.7 cm³/mol. The monoisotopic (exact) mass is 221 g/mol. The molecule has 3 rings (SSSR count). The van der Waals surface area contributed by atoms with Gasteiger partial charge in [0.2, 0.25) is 5.88 Å². The Morgan fingerprint density at radius 1 is 1.19 bits per heavy atom. The summed E-state index contributed by atoms with van der Waals surface area (Å²) in [5.74, 6) is 0.864. The number of ether oxygens (including phenoxy) is 1. The Bertz CT molecular complexity index is 355. The minimum absolute atomic E-state index is 0.308. The molecule has 1 aromatic rings. The number of hydrogen-bond donors (Lipinski definition) is 2. The Hall–Kier alpha value is -1.03. The zero-order valence-corrected chi connectivity index (χ0v) is 9.59. The van der Waals surface area contributed by atoms with Gasteiger partial charge in [-0.1, -0.05) is 0 Å². The van der Waals surface area contributed by atoms with Crippen LogP contribution in [0.5, 0.6) is 5.88 Å². The maximum Gasteiger partial charge on any atom is 0.236 e. The molecule has 2 aliphatic rings. The summed E-state index contributed by atoms with van der Waals surface area (Å²) < 4.78 is 5.99. The molecule has 4 heteroatoms. The molecule has 16 heavy (non-hydrogen) atoms. The lowest BCUT2D eigenvalue weighted by molar-refractivity contribution is 0.158. The van der Waals surface area contributed by atoms with E-state index >= 15 is 0 Å². The normalized spacial score (nSPS) is 25.1. The van der Waals surface area contributed by atoms with Crippen molar-refractivity contribution >= 4 is 0 Å². The number of aromatic nitrogens is 2. The van der Waals surface area contributed by atoms with E-state index in [0.29, 0.717) is 6.10 Å². The fourth-order valence-corrected chi connectivity index (χ4v) is 2.63. The Morgan fingerprint density at radius 2 is 2.12 bits per heavy atom. The van der Waals surface area contributed by atoms with Crippen molar-refractivity contribution in [3.63, 3.8) is 0 Å². The molecule has 4 nitrogen and oxygen atoms in total. The summed E-state index contributed by atoms with van der Waals surface area (Å²) in [5, 5.41) is 10.8. The van der Waals surface area contributed by atoms with E-state index < -0.39 is 0 Å². The number of H-pyrrole nitrogens is 1. The van der Waals surface area contributed by atoms with Crippen LogP contribution in [0.2, 0.25) is 0 Å². The van der Waals surface area contributed by atoms with E-state index in [0.717, 1.165) is 38.2 Å². The van der Waals surface area contributed by atoms with E-state index in [1.54, 1.807) is 0 Å². The zero-order chi connectivity index (χ0) is 10.8. The molecule has 0 spiro atoms. The van der Waals surface area contributed by atoms with Crippen LogP contribution in [0.4, 0.5) is 0 Å². The van der Waals surface area contributed by atoms with Gasteiger partial charge in [-0.2, -0.15) is 0 Å². The van der Waals surface area contributed by atoms with Gasteiger partial charge in [-0.05, 0) is 45.1 Å². The third-order valence-electron chi connectivity index (χ3n) is 3.55. The zero-order valence-electron chi connectivity index (χ0n) is 9.59. The lowest BCUT2D eigenvalue weighted by Gasteiger charge is -2.23. The number of aryl methyl sites for hydroxylation is 1. The lowest BCUT2D eigenvalue weighted by Crippen LogP contribution is -2.37. The Morgan fingerprint density at radius 3 is 3.00 bits per heavy atom. The molecule has 0 aromatic carbocycles. The number of aromatic amines is 1. The van der Waals surface area contributed by atoms with Crippen LogP contribution in [0.25, 0.3) is 0 Å². The molecule has 1 fully saturated rings. The van der Waals surface area contributed by atoms with Crippen LogP contribution in [-0.4, -0.2) is 29.4 Å². The molecule has 1 aliphatic heterocycles. The number of fused-ring (bicyclic) bond motifs is 1. The highest BCUT2D eigenvalue weighted by Gasteiger charge is 2.21. The fraction of sp³-hybridized carbons (Fsp3) is 0.750. The molecule has 0 bridgehead atoms. The first kappa shape index (κ1) is 10.1. The van der Waals surface area contributed by atoms with Crippen molar-refractivity contribution in [2.24, 2.45) is 0 Å². The molecular formula is C12H19N3O. The quantitative estimate of drug-likeness (QED) is 0.794. The third-order valence-corrected chi connectivity index (χ3v) is 3.55. The molecule has 0 radical (unpaired) electrons. The van der Waals surface area contributed by atoms with Gasteiger partial charge in [0.25, 0.3) is 0 Å². The highest BCUT2D eigenvalue weighted by atomic mass is 16.5. The molecule has 2 heterocycles. The third kappa shape index (κ3) is 1.94. The summed E-state index contributed by atoms with van der Waals surface area (Å²) in [5.41, 5.74) is 2.63. The first-order chi connectivity index (χ1) is 7.93. The van der Waals surface area contributed by atoms with Crippen LogP contribution in [0.1, 0.15) is 36.9 Å². The van der Waals surface area contributed by atoms with E-state index in [1.165, 1.54) is 30.5 Å². The number of rotatable bonds is 2. The van der Waals surface area contributed by atoms with E-state index in [2.05, 4.69) is 15.5 Å². The van der Waals surface area contributed by atoms with Crippen molar-refractivity contribution in [3.8, 4) is 5.88 Å². The van der Waals surface area contributed by atoms with Crippen molar-refractivity contribution < 1.29 is 4.74 Å². The van der Waals surface area contributed by atoms with Gasteiger partial charge < -0.3 is 10.1 Å². The second-order valence-corrected chi connectivity index (χ2v) is 4.78. The molecule has 1 atom stereocenters. The van der Waals surface area contributed by atoms with Gasteiger partial charge >= 0.3 is 0 Å².